The summed E-state index contributed by atoms with van der Waals surface area (Å²) in [6.45, 7) is 2.23. The van der Waals surface area contributed by atoms with Crippen LogP contribution in [-0.2, 0) is 4.79 Å². The number of nitriles is 1. The maximum atomic E-state index is 13.5. The molecule has 1 N–H and O–H groups in total. The number of halogens is 2. The summed E-state index contributed by atoms with van der Waals surface area (Å²) < 4.78 is 26.3. The summed E-state index contributed by atoms with van der Waals surface area (Å²) >= 11 is 0. The van der Waals surface area contributed by atoms with Crippen molar-refractivity contribution in [3.63, 3.8) is 0 Å². The number of nitrogens with zero attached hydrogens (tertiary/aromatic N) is 2. The highest BCUT2D eigenvalue weighted by atomic mass is 19.1. The molecule has 0 saturated carbocycles. The minimum absolute atomic E-state index is 0.00769. The van der Waals surface area contributed by atoms with Gasteiger partial charge in [0.25, 0.3) is 0 Å². The molecular weight excluding hydrogens is 276 g/mol. The van der Waals surface area contributed by atoms with Crippen LogP contribution in [0.3, 0.4) is 0 Å². The summed E-state index contributed by atoms with van der Waals surface area (Å²) in [6, 6.07) is 5.19. The van der Waals surface area contributed by atoms with Gasteiger partial charge < -0.3 is 10.2 Å². The van der Waals surface area contributed by atoms with Gasteiger partial charge >= 0.3 is 0 Å². The summed E-state index contributed by atoms with van der Waals surface area (Å²) in [7, 11) is 0. The van der Waals surface area contributed by atoms with Gasteiger partial charge in [-0.3, -0.25) is 4.79 Å². The third-order valence-electron chi connectivity index (χ3n) is 3.69. The van der Waals surface area contributed by atoms with Gasteiger partial charge in [-0.25, -0.2) is 8.78 Å². The van der Waals surface area contributed by atoms with E-state index in [1.165, 1.54) is 6.07 Å². The molecule has 0 aromatic heterocycles. The first kappa shape index (κ1) is 15.4. The van der Waals surface area contributed by atoms with E-state index < -0.39 is 11.6 Å². The molecule has 0 atom stereocenters. The van der Waals surface area contributed by atoms with E-state index >= 15 is 0 Å². The molecule has 0 bridgehead atoms. The maximum absolute atomic E-state index is 13.5. The lowest BCUT2D eigenvalue weighted by Crippen LogP contribution is -2.38. The average Bonchev–Trinajstić information content (AvgIpc) is 2.48. The van der Waals surface area contributed by atoms with Gasteiger partial charge in [-0.05, 0) is 38.1 Å². The largest absolute Gasteiger partial charge is 0.323 e. The minimum Gasteiger partial charge on any atom is -0.323 e. The molecule has 0 unspecified atom stereocenters. The zero-order chi connectivity index (χ0) is 15.2. The molecule has 1 aliphatic heterocycles. The Kier molecular flexibility index (Phi) is 5.23. The van der Waals surface area contributed by atoms with Crippen LogP contribution in [0.2, 0.25) is 0 Å². The topological polar surface area (TPSA) is 56.1 Å². The quantitative estimate of drug-likeness (QED) is 0.928. The Bertz CT molecular complexity index is 548. The summed E-state index contributed by atoms with van der Waals surface area (Å²) in [4.78, 5) is 14.2. The molecule has 0 spiro atoms. The molecule has 1 heterocycles. The third kappa shape index (κ3) is 4.23. The highest BCUT2D eigenvalue weighted by Gasteiger charge is 2.25. The van der Waals surface area contributed by atoms with Crippen LogP contribution in [0.5, 0.6) is 0 Å². The van der Waals surface area contributed by atoms with Gasteiger partial charge in [0.2, 0.25) is 5.91 Å². The van der Waals surface area contributed by atoms with Crippen molar-refractivity contribution in [2.45, 2.75) is 19.3 Å². The van der Waals surface area contributed by atoms with E-state index in [2.05, 4.69) is 16.3 Å². The number of benzene rings is 1. The Morgan fingerprint density at radius 1 is 1.38 bits per heavy atom. The molecule has 1 aromatic carbocycles. The molecular formula is C15H17F2N3O. The van der Waals surface area contributed by atoms with Crippen LogP contribution >= 0.6 is 0 Å². The van der Waals surface area contributed by atoms with Gasteiger partial charge in [0, 0.05) is 24.9 Å². The van der Waals surface area contributed by atoms with Crippen LogP contribution in [0.15, 0.2) is 18.2 Å². The first-order valence-corrected chi connectivity index (χ1v) is 6.95. The standard InChI is InChI=1S/C15H17F2N3O/c16-12-2-3-14(13(17)10-12)19-15(21)11-4-8-20(9-5-11)7-1-6-18/h2-3,10-11H,1,4-5,7-9H2,(H,19,21). The molecule has 1 saturated heterocycles. The third-order valence-corrected chi connectivity index (χ3v) is 3.69. The van der Waals surface area contributed by atoms with Crippen LogP contribution in [0.4, 0.5) is 14.5 Å². The number of rotatable bonds is 4. The molecule has 4 nitrogen and oxygen atoms in total. The highest BCUT2D eigenvalue weighted by Crippen LogP contribution is 2.21. The normalized spacial score (nSPS) is 16.4. The molecule has 0 radical (unpaired) electrons. The van der Waals surface area contributed by atoms with E-state index in [1.54, 1.807) is 0 Å². The Hall–Kier alpha value is -2.00. The van der Waals surface area contributed by atoms with Gasteiger partial charge in [-0.2, -0.15) is 5.26 Å². The van der Waals surface area contributed by atoms with Crippen molar-refractivity contribution >= 4 is 11.6 Å². The van der Waals surface area contributed by atoms with Crippen molar-refractivity contribution in [1.82, 2.24) is 4.90 Å². The van der Waals surface area contributed by atoms with Crippen LogP contribution < -0.4 is 5.32 Å². The molecule has 1 aliphatic rings. The smallest absolute Gasteiger partial charge is 0.227 e. The number of piperidine rings is 1. The van der Waals surface area contributed by atoms with Gasteiger partial charge in [0.15, 0.2) is 0 Å². The first-order chi connectivity index (χ1) is 10.1. The number of hydrogen-bond acceptors (Lipinski definition) is 3. The summed E-state index contributed by atoms with van der Waals surface area (Å²) in [5.74, 6) is -1.85. The van der Waals surface area contributed by atoms with Gasteiger partial charge in [0.05, 0.1) is 11.8 Å². The Labute approximate surface area is 122 Å². The van der Waals surface area contributed by atoms with E-state index in [0.29, 0.717) is 19.3 Å². The van der Waals surface area contributed by atoms with E-state index in [1.807, 2.05) is 0 Å². The van der Waals surface area contributed by atoms with Gasteiger partial charge in [0.1, 0.15) is 11.6 Å². The lowest BCUT2D eigenvalue weighted by molar-refractivity contribution is -0.121. The Balaban J connectivity index is 1.86. The van der Waals surface area contributed by atoms with Gasteiger partial charge in [-0.15, -0.1) is 0 Å². The van der Waals surface area contributed by atoms with Crippen molar-refractivity contribution in [2.24, 2.45) is 5.92 Å². The number of nitrogens with one attached hydrogen (secondary N) is 1. The van der Waals surface area contributed by atoms with Crippen LogP contribution in [0.25, 0.3) is 0 Å². The van der Waals surface area contributed by atoms with Crippen molar-refractivity contribution < 1.29 is 13.6 Å². The molecule has 112 valence electrons. The molecule has 1 aromatic rings. The molecule has 0 aliphatic carbocycles. The van der Waals surface area contributed by atoms with Crippen molar-refractivity contribution in [2.75, 3.05) is 25.0 Å². The van der Waals surface area contributed by atoms with E-state index in [0.717, 1.165) is 31.8 Å². The fourth-order valence-electron chi connectivity index (χ4n) is 2.45. The zero-order valence-electron chi connectivity index (χ0n) is 11.6. The zero-order valence-corrected chi connectivity index (χ0v) is 11.6. The number of anilines is 1. The van der Waals surface area contributed by atoms with Crippen molar-refractivity contribution in [1.29, 1.82) is 5.26 Å². The predicted octanol–water partition coefficient (Wildman–Crippen LogP) is 2.53. The Morgan fingerprint density at radius 3 is 2.71 bits per heavy atom. The summed E-state index contributed by atoms with van der Waals surface area (Å²) in [5.41, 5.74) is 0.00769. The highest BCUT2D eigenvalue weighted by molar-refractivity contribution is 5.92. The minimum atomic E-state index is -0.769. The number of carbonyl (C=O) groups is 1. The van der Waals surface area contributed by atoms with Crippen molar-refractivity contribution in [3.05, 3.63) is 29.8 Å². The predicted molar refractivity (Wildman–Crippen MR) is 74.4 cm³/mol. The van der Waals surface area contributed by atoms with Crippen LogP contribution in [0, 0.1) is 28.9 Å². The fraction of sp³-hybridized carbons (Fsp3) is 0.467. The first-order valence-electron chi connectivity index (χ1n) is 6.95. The van der Waals surface area contributed by atoms with E-state index in [4.69, 9.17) is 5.26 Å². The molecule has 21 heavy (non-hydrogen) atoms. The average molecular weight is 293 g/mol. The summed E-state index contributed by atoms with van der Waals surface area (Å²) in [5, 5.41) is 11.1. The van der Waals surface area contributed by atoms with Crippen LogP contribution in [0.1, 0.15) is 19.3 Å². The van der Waals surface area contributed by atoms with Gasteiger partial charge in [-0.1, -0.05) is 0 Å². The lowest BCUT2D eigenvalue weighted by Gasteiger charge is -2.30. The van der Waals surface area contributed by atoms with Crippen molar-refractivity contribution in [3.8, 4) is 6.07 Å². The molecule has 6 heteroatoms. The number of hydrogen-bond donors (Lipinski definition) is 1. The number of carbonyl (C=O) groups excluding carboxylic acids is 1. The van der Waals surface area contributed by atoms with E-state index in [9.17, 15) is 13.6 Å². The molecule has 1 amide bonds. The number of amides is 1. The van der Waals surface area contributed by atoms with Crippen LogP contribution in [-0.4, -0.2) is 30.4 Å². The maximum Gasteiger partial charge on any atom is 0.227 e. The second-order valence-electron chi connectivity index (χ2n) is 5.14. The number of likely N-dealkylation sites (tertiary alicyclic amines) is 1. The second-order valence-corrected chi connectivity index (χ2v) is 5.14. The second kappa shape index (κ2) is 7.14. The molecule has 2 rings (SSSR count). The molecule has 1 fully saturated rings. The Morgan fingerprint density at radius 2 is 2.10 bits per heavy atom. The SMILES string of the molecule is N#CCCN1CCC(C(=O)Nc2ccc(F)cc2F)CC1. The fourth-order valence-corrected chi connectivity index (χ4v) is 2.45. The summed E-state index contributed by atoms with van der Waals surface area (Å²) in [6.07, 6.45) is 1.85. The van der Waals surface area contributed by atoms with E-state index in [-0.39, 0.29) is 17.5 Å². The monoisotopic (exact) mass is 293 g/mol. The lowest BCUT2D eigenvalue weighted by atomic mass is 9.95.